The van der Waals surface area contributed by atoms with Crippen LogP contribution in [0.2, 0.25) is 18.1 Å². The van der Waals surface area contributed by atoms with Gasteiger partial charge in [0.2, 0.25) is 0 Å². The fourth-order valence-electron chi connectivity index (χ4n) is 3.55. The van der Waals surface area contributed by atoms with Crippen molar-refractivity contribution in [3.63, 3.8) is 0 Å². The molecule has 1 amide bonds. The Morgan fingerprint density at radius 1 is 1.10 bits per heavy atom. The van der Waals surface area contributed by atoms with Crippen molar-refractivity contribution in [2.75, 3.05) is 13.1 Å². The van der Waals surface area contributed by atoms with Crippen LogP contribution in [0.15, 0.2) is 24.3 Å². The normalized spacial score (nSPS) is 23.8. The predicted molar refractivity (Wildman–Crippen MR) is 125 cm³/mol. The summed E-state index contributed by atoms with van der Waals surface area (Å²) in [6, 6.07) is 7.64. The maximum Gasteiger partial charge on any atom is 0.494 e. The molecular weight excluding hydrogens is 393 g/mol. The SMILES string of the molecule is CC1(C)OB(c2ccc(C(=O)N3CCC(O[Si](C)(C)C(C)(C)C)C3)cc2)OC1(C)C. The molecular formula is C23H38BNO4Si. The lowest BCUT2D eigenvalue weighted by molar-refractivity contribution is 0.00578. The Morgan fingerprint density at radius 2 is 1.63 bits per heavy atom. The maximum atomic E-state index is 13.0. The maximum absolute atomic E-state index is 13.0. The summed E-state index contributed by atoms with van der Waals surface area (Å²) >= 11 is 0. The molecule has 1 atom stereocenters. The standard InChI is InChI=1S/C23H38BNO4Si/c1-21(2,3)30(8,9)27-19-14-15-25(16-19)20(26)17-10-12-18(13-11-17)24-28-22(4,5)23(6,7)29-24/h10-13,19H,14-16H2,1-9H3. The molecule has 0 aliphatic carbocycles. The van der Waals surface area contributed by atoms with Gasteiger partial charge in [0.25, 0.3) is 5.91 Å². The highest BCUT2D eigenvalue weighted by molar-refractivity contribution is 6.74. The summed E-state index contributed by atoms with van der Waals surface area (Å²) in [5.74, 6) is 0.0665. The fraction of sp³-hybridized carbons (Fsp3) is 0.696. The van der Waals surface area contributed by atoms with E-state index in [-0.39, 0.29) is 28.3 Å². The van der Waals surface area contributed by atoms with Gasteiger partial charge in [-0.1, -0.05) is 32.9 Å². The third kappa shape index (κ3) is 4.54. The van der Waals surface area contributed by atoms with Crippen molar-refractivity contribution < 1.29 is 18.5 Å². The van der Waals surface area contributed by atoms with Crippen LogP contribution in [0, 0.1) is 0 Å². The molecule has 2 aliphatic heterocycles. The van der Waals surface area contributed by atoms with E-state index in [9.17, 15) is 4.79 Å². The molecule has 5 nitrogen and oxygen atoms in total. The molecule has 0 aromatic heterocycles. The second-order valence-corrected chi connectivity index (χ2v) is 16.0. The molecule has 0 spiro atoms. The van der Waals surface area contributed by atoms with Gasteiger partial charge in [-0.25, -0.2) is 0 Å². The Hall–Kier alpha value is -1.15. The minimum Gasteiger partial charge on any atom is -0.412 e. The molecule has 0 bridgehead atoms. The molecule has 0 radical (unpaired) electrons. The molecule has 2 fully saturated rings. The zero-order chi connectivity index (χ0) is 22.5. The van der Waals surface area contributed by atoms with E-state index < -0.39 is 15.4 Å². The first kappa shape index (κ1) is 23.5. The van der Waals surface area contributed by atoms with Gasteiger partial charge in [-0.05, 0) is 69.8 Å². The van der Waals surface area contributed by atoms with Crippen LogP contribution in [0.25, 0.3) is 0 Å². The van der Waals surface area contributed by atoms with Crippen LogP contribution < -0.4 is 5.46 Å². The van der Waals surface area contributed by atoms with Crippen molar-refractivity contribution in [1.29, 1.82) is 0 Å². The molecule has 7 heteroatoms. The number of rotatable bonds is 4. The van der Waals surface area contributed by atoms with Gasteiger partial charge in [-0.15, -0.1) is 0 Å². The molecule has 2 saturated heterocycles. The molecule has 2 heterocycles. The van der Waals surface area contributed by atoms with Gasteiger partial charge in [0.1, 0.15) is 0 Å². The summed E-state index contributed by atoms with van der Waals surface area (Å²) in [7, 11) is -2.23. The smallest absolute Gasteiger partial charge is 0.412 e. The summed E-state index contributed by atoms with van der Waals surface area (Å²) < 4.78 is 18.7. The lowest BCUT2D eigenvalue weighted by atomic mass is 9.79. The molecule has 2 aliphatic rings. The molecule has 0 N–H and O–H groups in total. The summed E-state index contributed by atoms with van der Waals surface area (Å²) in [5.41, 5.74) is 0.885. The van der Waals surface area contributed by atoms with Crippen LogP contribution in [0.5, 0.6) is 0 Å². The second-order valence-electron chi connectivity index (χ2n) is 11.3. The van der Waals surface area contributed by atoms with Gasteiger partial charge in [0.05, 0.1) is 17.3 Å². The number of nitrogens with zero attached hydrogens (tertiary/aromatic N) is 1. The van der Waals surface area contributed by atoms with E-state index in [1.807, 2.05) is 56.9 Å². The summed E-state index contributed by atoms with van der Waals surface area (Å²) in [4.78, 5) is 14.9. The number of amides is 1. The molecule has 1 aromatic carbocycles. The number of carbonyl (C=O) groups excluding carboxylic acids is 1. The van der Waals surface area contributed by atoms with E-state index in [1.54, 1.807) is 0 Å². The molecule has 1 aromatic rings. The average Bonchev–Trinajstić information content (AvgIpc) is 3.15. The largest absolute Gasteiger partial charge is 0.494 e. The Balaban J connectivity index is 1.62. The molecule has 1 unspecified atom stereocenters. The number of carbonyl (C=O) groups is 1. The fourth-order valence-corrected chi connectivity index (χ4v) is 4.93. The van der Waals surface area contributed by atoms with Crippen LogP contribution in [0.1, 0.15) is 65.2 Å². The Kier molecular flexibility index (Phi) is 6.09. The highest BCUT2D eigenvalue weighted by Crippen LogP contribution is 2.38. The van der Waals surface area contributed by atoms with Gasteiger partial charge in [-0.2, -0.15) is 0 Å². The average molecular weight is 431 g/mol. The Bertz CT molecular complexity index is 769. The highest BCUT2D eigenvalue weighted by Gasteiger charge is 2.51. The molecule has 30 heavy (non-hydrogen) atoms. The zero-order valence-corrected chi connectivity index (χ0v) is 21.2. The lowest BCUT2D eigenvalue weighted by Gasteiger charge is -2.38. The summed E-state index contributed by atoms with van der Waals surface area (Å²) in [5, 5.41) is 0.174. The van der Waals surface area contributed by atoms with Crippen molar-refractivity contribution in [3.8, 4) is 0 Å². The summed E-state index contributed by atoms with van der Waals surface area (Å²) in [6.45, 7) is 20.9. The minimum absolute atomic E-state index is 0.0665. The Morgan fingerprint density at radius 3 is 2.13 bits per heavy atom. The number of hydrogen-bond donors (Lipinski definition) is 0. The molecule has 3 rings (SSSR count). The van der Waals surface area contributed by atoms with E-state index in [2.05, 4.69) is 33.9 Å². The van der Waals surface area contributed by atoms with E-state index >= 15 is 0 Å². The highest BCUT2D eigenvalue weighted by atomic mass is 28.4. The zero-order valence-electron chi connectivity index (χ0n) is 20.2. The van der Waals surface area contributed by atoms with Gasteiger partial charge >= 0.3 is 7.12 Å². The van der Waals surface area contributed by atoms with Gasteiger partial charge < -0.3 is 18.6 Å². The van der Waals surface area contributed by atoms with E-state index in [1.165, 1.54) is 0 Å². The van der Waals surface area contributed by atoms with Crippen LogP contribution in [-0.2, 0) is 13.7 Å². The minimum atomic E-state index is -1.83. The molecule has 0 saturated carbocycles. The van der Waals surface area contributed by atoms with Gasteiger partial charge in [-0.3, -0.25) is 4.79 Å². The van der Waals surface area contributed by atoms with E-state index in [0.717, 1.165) is 18.4 Å². The topological polar surface area (TPSA) is 48.0 Å². The van der Waals surface area contributed by atoms with Gasteiger partial charge in [0, 0.05) is 18.7 Å². The van der Waals surface area contributed by atoms with Crippen LogP contribution in [0.3, 0.4) is 0 Å². The van der Waals surface area contributed by atoms with Crippen molar-refractivity contribution >= 4 is 26.8 Å². The first-order valence-electron chi connectivity index (χ1n) is 11.1. The van der Waals surface area contributed by atoms with E-state index in [4.69, 9.17) is 13.7 Å². The van der Waals surface area contributed by atoms with Crippen molar-refractivity contribution in [2.24, 2.45) is 0 Å². The Labute approximate surface area is 183 Å². The third-order valence-electron chi connectivity index (χ3n) is 7.38. The van der Waals surface area contributed by atoms with Crippen molar-refractivity contribution in [1.82, 2.24) is 4.90 Å². The second kappa shape index (κ2) is 7.77. The monoisotopic (exact) mass is 431 g/mol. The van der Waals surface area contributed by atoms with Crippen molar-refractivity contribution in [2.45, 2.75) is 90.3 Å². The van der Waals surface area contributed by atoms with Crippen LogP contribution in [-0.4, -0.2) is 56.6 Å². The summed E-state index contributed by atoms with van der Waals surface area (Å²) in [6.07, 6.45) is 1.04. The first-order chi connectivity index (χ1) is 13.6. The van der Waals surface area contributed by atoms with Gasteiger partial charge in [0.15, 0.2) is 8.32 Å². The quantitative estimate of drug-likeness (QED) is 0.670. The van der Waals surface area contributed by atoms with Crippen LogP contribution in [0.4, 0.5) is 0 Å². The number of likely N-dealkylation sites (tertiary alicyclic amines) is 1. The third-order valence-corrected chi connectivity index (χ3v) is 11.9. The number of hydrogen-bond acceptors (Lipinski definition) is 4. The lowest BCUT2D eigenvalue weighted by Crippen LogP contribution is -2.44. The molecule has 166 valence electrons. The van der Waals surface area contributed by atoms with Crippen LogP contribution >= 0.6 is 0 Å². The number of benzene rings is 1. The first-order valence-corrected chi connectivity index (χ1v) is 14.0. The predicted octanol–water partition coefficient (Wildman–Crippen LogP) is 4.22. The van der Waals surface area contributed by atoms with Crippen molar-refractivity contribution in [3.05, 3.63) is 29.8 Å². The van der Waals surface area contributed by atoms with E-state index in [0.29, 0.717) is 12.1 Å².